The zero-order valence-corrected chi connectivity index (χ0v) is 16.0. The molecule has 0 saturated heterocycles. The lowest BCUT2D eigenvalue weighted by Gasteiger charge is -2.43. The zero-order chi connectivity index (χ0) is 19.2. The summed E-state index contributed by atoms with van der Waals surface area (Å²) in [5.74, 6) is -0.772. The van der Waals surface area contributed by atoms with Crippen molar-refractivity contribution in [1.82, 2.24) is 0 Å². The number of hydrogen-bond acceptors (Lipinski definition) is 4. The quantitative estimate of drug-likeness (QED) is 0.860. The zero-order valence-electron chi connectivity index (χ0n) is 15.2. The number of para-hydroxylation sites is 1. The van der Waals surface area contributed by atoms with Gasteiger partial charge in [0.05, 0.1) is 28.6 Å². The van der Waals surface area contributed by atoms with Crippen LogP contribution in [-0.4, -0.2) is 25.3 Å². The van der Waals surface area contributed by atoms with E-state index >= 15 is 0 Å². The third-order valence-electron chi connectivity index (χ3n) is 5.67. The Hall–Kier alpha value is -2.18. The number of carbonyl (C=O) groups is 1. The molecule has 1 aliphatic heterocycles. The van der Waals surface area contributed by atoms with Gasteiger partial charge in [0.2, 0.25) is 0 Å². The van der Waals surface area contributed by atoms with E-state index in [1.807, 2.05) is 6.92 Å². The van der Waals surface area contributed by atoms with E-state index in [2.05, 4.69) is 0 Å². The molecule has 1 heterocycles. The summed E-state index contributed by atoms with van der Waals surface area (Å²) in [4.78, 5) is 12.9. The van der Waals surface area contributed by atoms with Crippen LogP contribution < -0.4 is 4.31 Å². The standard InChI is InChI=1S/C21H23NO4S/c1-14-10-12-15(13-11-14)27(25,26)22-17-7-3-2-6-16(17)21(24)20-18(22)8-4-5-9-19(20)23/h2-3,6-7,10-13,18,20-21,24H,4-5,8-9H2,1H3/t18-,20-,21-/m1/s1. The molecule has 3 atom stereocenters. The molecule has 0 amide bonds. The Morgan fingerprint density at radius 2 is 1.74 bits per heavy atom. The highest BCUT2D eigenvalue weighted by atomic mass is 32.2. The van der Waals surface area contributed by atoms with E-state index in [1.165, 1.54) is 4.31 Å². The molecule has 1 saturated carbocycles. The van der Waals surface area contributed by atoms with Gasteiger partial charge in [0.1, 0.15) is 5.78 Å². The molecule has 0 radical (unpaired) electrons. The first-order valence-electron chi connectivity index (χ1n) is 9.32. The van der Waals surface area contributed by atoms with Gasteiger partial charge in [0.15, 0.2) is 0 Å². The number of hydrogen-bond donors (Lipinski definition) is 1. The van der Waals surface area contributed by atoms with Crippen molar-refractivity contribution in [3.63, 3.8) is 0 Å². The summed E-state index contributed by atoms with van der Waals surface area (Å²) >= 11 is 0. The number of carbonyl (C=O) groups excluding carboxylic acids is 1. The summed E-state index contributed by atoms with van der Waals surface area (Å²) in [6.45, 7) is 1.91. The van der Waals surface area contributed by atoms with Gasteiger partial charge in [-0.1, -0.05) is 42.3 Å². The van der Waals surface area contributed by atoms with Crippen molar-refractivity contribution >= 4 is 21.5 Å². The average molecular weight is 385 g/mol. The molecule has 0 bridgehead atoms. The summed E-state index contributed by atoms with van der Waals surface area (Å²) in [5.41, 5.74) is 1.96. The number of ketones is 1. The molecular formula is C21H23NO4S. The summed E-state index contributed by atoms with van der Waals surface area (Å²) in [7, 11) is -3.86. The molecule has 27 heavy (non-hydrogen) atoms. The molecule has 1 aliphatic carbocycles. The van der Waals surface area contributed by atoms with Gasteiger partial charge in [-0.05, 0) is 38.0 Å². The fraction of sp³-hybridized carbons (Fsp3) is 0.381. The van der Waals surface area contributed by atoms with E-state index in [0.717, 1.165) is 18.4 Å². The van der Waals surface area contributed by atoms with Gasteiger partial charge in [-0.25, -0.2) is 8.42 Å². The molecule has 2 aliphatic rings. The van der Waals surface area contributed by atoms with E-state index < -0.39 is 28.1 Å². The number of fused-ring (bicyclic) bond motifs is 2. The molecule has 6 heteroatoms. The number of sulfonamides is 1. The highest BCUT2D eigenvalue weighted by molar-refractivity contribution is 7.92. The Balaban J connectivity index is 1.92. The molecule has 142 valence electrons. The fourth-order valence-corrected chi connectivity index (χ4v) is 6.03. The van der Waals surface area contributed by atoms with Crippen molar-refractivity contribution < 1.29 is 18.3 Å². The smallest absolute Gasteiger partial charge is 0.264 e. The van der Waals surface area contributed by atoms with Crippen LogP contribution >= 0.6 is 0 Å². The van der Waals surface area contributed by atoms with Gasteiger partial charge in [-0.2, -0.15) is 0 Å². The van der Waals surface area contributed by atoms with Crippen molar-refractivity contribution in [2.75, 3.05) is 4.31 Å². The number of benzene rings is 2. The second-order valence-corrected chi connectivity index (χ2v) is 9.24. The minimum Gasteiger partial charge on any atom is -0.387 e. The Bertz CT molecular complexity index is 968. The van der Waals surface area contributed by atoms with Crippen LogP contribution in [-0.2, 0) is 14.8 Å². The highest BCUT2D eigenvalue weighted by Gasteiger charge is 2.48. The second kappa shape index (κ2) is 6.77. The number of aliphatic hydroxyl groups is 1. The number of nitrogens with zero attached hydrogens (tertiary/aromatic N) is 1. The van der Waals surface area contributed by atoms with Crippen LogP contribution in [0.5, 0.6) is 0 Å². The van der Waals surface area contributed by atoms with Crippen molar-refractivity contribution in [2.24, 2.45) is 5.92 Å². The minimum atomic E-state index is -3.86. The van der Waals surface area contributed by atoms with Crippen molar-refractivity contribution in [3.8, 4) is 0 Å². The molecule has 0 unspecified atom stereocenters. The molecular weight excluding hydrogens is 362 g/mol. The van der Waals surface area contributed by atoms with E-state index in [9.17, 15) is 18.3 Å². The molecule has 2 aromatic rings. The van der Waals surface area contributed by atoms with E-state index in [-0.39, 0.29) is 10.7 Å². The second-order valence-electron chi connectivity index (χ2n) is 7.42. The summed E-state index contributed by atoms with van der Waals surface area (Å²) in [5, 5.41) is 10.9. The first kappa shape index (κ1) is 18.2. The van der Waals surface area contributed by atoms with Gasteiger partial charge in [0.25, 0.3) is 10.0 Å². The lowest BCUT2D eigenvalue weighted by atomic mass is 9.81. The SMILES string of the molecule is Cc1ccc(S(=O)(=O)N2c3ccccc3[C@@H](O)[C@H]3C(=O)CCCC[C@H]32)cc1. The van der Waals surface area contributed by atoms with E-state index in [0.29, 0.717) is 24.1 Å². The minimum absolute atomic E-state index is 0.0522. The number of rotatable bonds is 2. The number of Topliss-reactive ketones (excluding diaryl/α,β-unsaturated/α-hetero) is 1. The number of aryl methyl sites for hydroxylation is 1. The van der Waals surface area contributed by atoms with Gasteiger partial charge in [-0.3, -0.25) is 9.10 Å². The summed E-state index contributed by atoms with van der Waals surface area (Å²) in [6, 6.07) is 13.2. The molecule has 1 N–H and O–H groups in total. The highest BCUT2D eigenvalue weighted by Crippen LogP contribution is 2.46. The van der Waals surface area contributed by atoms with Crippen LogP contribution in [0.4, 0.5) is 5.69 Å². The largest absolute Gasteiger partial charge is 0.387 e. The third kappa shape index (κ3) is 2.97. The van der Waals surface area contributed by atoms with Crippen LogP contribution in [0.1, 0.15) is 42.9 Å². The molecule has 4 rings (SSSR count). The maximum atomic E-state index is 13.6. The third-order valence-corrected chi connectivity index (χ3v) is 7.52. The van der Waals surface area contributed by atoms with E-state index in [4.69, 9.17) is 0 Å². The maximum Gasteiger partial charge on any atom is 0.264 e. The van der Waals surface area contributed by atoms with Gasteiger partial charge in [-0.15, -0.1) is 0 Å². The van der Waals surface area contributed by atoms with Gasteiger partial charge < -0.3 is 5.11 Å². The van der Waals surface area contributed by atoms with E-state index in [1.54, 1.807) is 48.5 Å². The van der Waals surface area contributed by atoms with Crippen molar-refractivity contribution in [2.45, 2.75) is 49.6 Å². The lowest BCUT2D eigenvalue weighted by molar-refractivity contribution is -0.127. The predicted molar refractivity (Wildman–Crippen MR) is 103 cm³/mol. The van der Waals surface area contributed by atoms with Crippen molar-refractivity contribution in [1.29, 1.82) is 0 Å². The molecule has 0 spiro atoms. The topological polar surface area (TPSA) is 74.7 Å². The van der Waals surface area contributed by atoms with Crippen LogP contribution in [0.2, 0.25) is 0 Å². The molecule has 0 aromatic heterocycles. The first-order chi connectivity index (χ1) is 12.9. The maximum absolute atomic E-state index is 13.6. The average Bonchev–Trinajstić information content (AvgIpc) is 2.84. The van der Waals surface area contributed by atoms with Crippen LogP contribution in [0.3, 0.4) is 0 Å². The Morgan fingerprint density at radius 3 is 2.48 bits per heavy atom. The first-order valence-corrected chi connectivity index (χ1v) is 10.8. The normalized spacial score (nSPS) is 25.5. The molecule has 1 fully saturated rings. The summed E-state index contributed by atoms with van der Waals surface area (Å²) < 4.78 is 28.5. The van der Waals surface area contributed by atoms with Crippen molar-refractivity contribution in [3.05, 3.63) is 59.7 Å². The fourth-order valence-electron chi connectivity index (χ4n) is 4.31. The Kier molecular flexibility index (Phi) is 4.56. The van der Waals surface area contributed by atoms with Gasteiger partial charge >= 0.3 is 0 Å². The molecule has 2 aromatic carbocycles. The number of anilines is 1. The predicted octanol–water partition coefficient (Wildman–Crippen LogP) is 3.37. The van der Waals surface area contributed by atoms with Crippen LogP contribution in [0.15, 0.2) is 53.4 Å². The number of aliphatic hydroxyl groups excluding tert-OH is 1. The monoisotopic (exact) mass is 385 g/mol. The summed E-state index contributed by atoms with van der Waals surface area (Å²) in [6.07, 6.45) is 1.47. The van der Waals surface area contributed by atoms with Gasteiger partial charge in [0, 0.05) is 12.0 Å². The van der Waals surface area contributed by atoms with Crippen LogP contribution in [0, 0.1) is 12.8 Å². The van der Waals surface area contributed by atoms with Crippen LogP contribution in [0.25, 0.3) is 0 Å². The lowest BCUT2D eigenvalue weighted by Crippen LogP contribution is -2.51. The molecule has 5 nitrogen and oxygen atoms in total. The Morgan fingerprint density at radius 1 is 1.04 bits per heavy atom. The Labute approximate surface area is 159 Å².